The van der Waals surface area contributed by atoms with Crippen LogP contribution in [-0.4, -0.2) is 62.2 Å². The van der Waals surface area contributed by atoms with Gasteiger partial charge in [-0.25, -0.2) is 9.59 Å². The molecule has 0 aromatic carbocycles. The Morgan fingerprint density at radius 2 is 0.950 bits per heavy atom. The molecule has 112 valence electrons. The SMILES string of the molecule is O=C(OCCO)OCCCCOC(=O)OCCO.[Y].[Y]. The third-order valence-electron chi connectivity index (χ3n) is 1.60. The summed E-state index contributed by atoms with van der Waals surface area (Å²) >= 11 is 0. The molecule has 0 aromatic rings. The first-order valence-corrected chi connectivity index (χ1v) is 5.51. The molecule has 0 amide bonds. The van der Waals surface area contributed by atoms with Crippen LogP contribution in [0.4, 0.5) is 9.59 Å². The Labute approximate surface area is 167 Å². The quantitative estimate of drug-likeness (QED) is 0.380. The second-order valence-corrected chi connectivity index (χ2v) is 3.05. The third kappa shape index (κ3) is 18.7. The van der Waals surface area contributed by atoms with Crippen LogP contribution in [0.2, 0.25) is 0 Å². The fourth-order valence-corrected chi connectivity index (χ4v) is 0.856. The van der Waals surface area contributed by atoms with Gasteiger partial charge in [0.25, 0.3) is 0 Å². The first kappa shape index (κ1) is 25.6. The molecular weight excluding hydrogens is 426 g/mol. The Morgan fingerprint density at radius 3 is 1.25 bits per heavy atom. The summed E-state index contributed by atoms with van der Waals surface area (Å²) in [4.78, 5) is 21.6. The predicted octanol–water partition coefficient (Wildman–Crippen LogP) is 0.0526. The summed E-state index contributed by atoms with van der Waals surface area (Å²) in [5.41, 5.74) is 0. The number of rotatable bonds is 9. The van der Waals surface area contributed by atoms with Gasteiger partial charge in [-0.1, -0.05) is 0 Å². The average Bonchev–Trinajstić information content (AvgIpc) is 2.37. The van der Waals surface area contributed by atoms with Crippen LogP contribution >= 0.6 is 0 Å². The molecular formula is C10H18O8Y2. The molecule has 0 spiro atoms. The van der Waals surface area contributed by atoms with Crippen molar-refractivity contribution in [2.75, 3.05) is 39.6 Å². The molecule has 2 radical (unpaired) electrons. The van der Waals surface area contributed by atoms with Gasteiger partial charge in [-0.05, 0) is 12.8 Å². The normalized spacial score (nSPS) is 8.70. The largest absolute Gasteiger partial charge is 0.508 e. The summed E-state index contributed by atoms with van der Waals surface area (Å²) in [6.45, 7) is -0.423. The molecule has 0 aliphatic rings. The van der Waals surface area contributed by atoms with Crippen LogP contribution in [0.25, 0.3) is 0 Å². The average molecular weight is 444 g/mol. The van der Waals surface area contributed by atoms with Gasteiger partial charge >= 0.3 is 12.3 Å². The van der Waals surface area contributed by atoms with Gasteiger partial charge in [0, 0.05) is 65.4 Å². The van der Waals surface area contributed by atoms with E-state index in [0.29, 0.717) is 12.8 Å². The zero-order valence-electron chi connectivity index (χ0n) is 11.2. The van der Waals surface area contributed by atoms with Crippen LogP contribution in [-0.2, 0) is 84.4 Å². The maximum atomic E-state index is 10.8. The number of aliphatic hydroxyl groups is 2. The number of ether oxygens (including phenoxy) is 4. The van der Waals surface area contributed by atoms with Crippen LogP contribution in [0.15, 0.2) is 0 Å². The van der Waals surface area contributed by atoms with Gasteiger partial charge in [-0.3, -0.25) is 0 Å². The topological polar surface area (TPSA) is 112 Å². The molecule has 0 fully saturated rings. The molecule has 0 heterocycles. The molecule has 0 unspecified atom stereocenters. The fourth-order valence-electron chi connectivity index (χ4n) is 0.856. The van der Waals surface area contributed by atoms with Crippen LogP contribution in [0.3, 0.4) is 0 Å². The molecule has 0 atom stereocenters. The first-order valence-electron chi connectivity index (χ1n) is 5.51. The molecule has 0 saturated heterocycles. The van der Waals surface area contributed by atoms with Crippen molar-refractivity contribution < 1.29 is 104 Å². The monoisotopic (exact) mass is 444 g/mol. The van der Waals surface area contributed by atoms with Gasteiger partial charge in [0.2, 0.25) is 0 Å². The van der Waals surface area contributed by atoms with E-state index in [1.54, 1.807) is 0 Å². The second-order valence-electron chi connectivity index (χ2n) is 3.05. The van der Waals surface area contributed by atoms with E-state index >= 15 is 0 Å². The van der Waals surface area contributed by atoms with Crippen molar-refractivity contribution in [2.45, 2.75) is 12.8 Å². The van der Waals surface area contributed by atoms with Crippen molar-refractivity contribution in [2.24, 2.45) is 0 Å². The second kappa shape index (κ2) is 19.7. The minimum atomic E-state index is -0.840. The number of carbonyl (C=O) groups excluding carboxylic acids is 2. The Morgan fingerprint density at radius 1 is 0.650 bits per heavy atom. The predicted molar refractivity (Wildman–Crippen MR) is 58.0 cm³/mol. The summed E-state index contributed by atoms with van der Waals surface area (Å²) in [7, 11) is 0. The van der Waals surface area contributed by atoms with Crippen molar-refractivity contribution in [1.29, 1.82) is 0 Å². The summed E-state index contributed by atoms with van der Waals surface area (Å²) in [5.74, 6) is 0. The molecule has 0 aliphatic heterocycles. The Hall–Kier alpha value is 0.668. The summed E-state index contributed by atoms with van der Waals surface area (Å²) < 4.78 is 18.2. The van der Waals surface area contributed by atoms with Gasteiger partial charge < -0.3 is 29.2 Å². The summed E-state index contributed by atoms with van der Waals surface area (Å²) in [6.07, 6.45) is -0.678. The minimum absolute atomic E-state index is 0. The van der Waals surface area contributed by atoms with E-state index in [0.717, 1.165) is 0 Å². The molecule has 0 rings (SSSR count). The van der Waals surface area contributed by atoms with E-state index in [4.69, 9.17) is 10.2 Å². The van der Waals surface area contributed by atoms with Crippen molar-refractivity contribution in [3.63, 3.8) is 0 Å². The third-order valence-corrected chi connectivity index (χ3v) is 1.60. The van der Waals surface area contributed by atoms with Gasteiger partial charge in [0.05, 0.1) is 26.4 Å². The van der Waals surface area contributed by atoms with Gasteiger partial charge in [-0.15, -0.1) is 0 Å². The zero-order valence-corrected chi connectivity index (χ0v) is 16.8. The van der Waals surface area contributed by atoms with E-state index in [9.17, 15) is 9.59 Å². The molecule has 20 heavy (non-hydrogen) atoms. The number of aliphatic hydroxyl groups excluding tert-OH is 2. The van der Waals surface area contributed by atoms with Gasteiger partial charge in [0.1, 0.15) is 13.2 Å². The minimum Gasteiger partial charge on any atom is -0.434 e. The van der Waals surface area contributed by atoms with Crippen LogP contribution in [0, 0.1) is 0 Å². The number of hydrogen-bond acceptors (Lipinski definition) is 8. The molecule has 0 bridgehead atoms. The van der Waals surface area contributed by atoms with Crippen molar-refractivity contribution in [1.82, 2.24) is 0 Å². The van der Waals surface area contributed by atoms with E-state index in [1.165, 1.54) is 0 Å². The van der Waals surface area contributed by atoms with E-state index in [1.807, 2.05) is 0 Å². The first-order chi connectivity index (χ1) is 8.70. The number of hydrogen-bond donors (Lipinski definition) is 2. The van der Waals surface area contributed by atoms with Gasteiger partial charge in [-0.2, -0.15) is 0 Å². The molecule has 0 saturated carbocycles. The van der Waals surface area contributed by atoms with E-state index in [2.05, 4.69) is 18.9 Å². The van der Waals surface area contributed by atoms with E-state index < -0.39 is 12.3 Å². The molecule has 8 nitrogen and oxygen atoms in total. The standard InChI is InChI=1S/C10H18O8.2Y/c11-3-7-17-9(13)15-5-1-2-6-16-10(14)18-8-4-12;;/h11-12H,1-8H2;;. The molecule has 0 aliphatic carbocycles. The smallest absolute Gasteiger partial charge is 0.434 e. The maximum absolute atomic E-state index is 10.8. The van der Waals surface area contributed by atoms with Crippen molar-refractivity contribution in [3.8, 4) is 0 Å². The Kier molecular flexibility index (Phi) is 25.2. The number of unbranched alkanes of at least 4 members (excludes halogenated alkanes) is 1. The summed E-state index contributed by atoms with van der Waals surface area (Å²) in [6, 6.07) is 0. The molecule has 2 N–H and O–H groups in total. The number of carbonyl (C=O) groups is 2. The van der Waals surface area contributed by atoms with E-state index in [-0.39, 0.29) is 105 Å². The molecule has 10 heteroatoms. The van der Waals surface area contributed by atoms with Crippen molar-refractivity contribution >= 4 is 12.3 Å². The zero-order chi connectivity index (χ0) is 13.6. The fraction of sp³-hybridized carbons (Fsp3) is 0.800. The van der Waals surface area contributed by atoms with Gasteiger partial charge in [0.15, 0.2) is 0 Å². The molecule has 0 aromatic heterocycles. The maximum Gasteiger partial charge on any atom is 0.508 e. The van der Waals surface area contributed by atoms with Crippen LogP contribution in [0.1, 0.15) is 12.8 Å². The van der Waals surface area contributed by atoms with Crippen LogP contribution in [0.5, 0.6) is 0 Å². The Balaban J connectivity index is -0.00000144. The Bertz CT molecular complexity index is 215. The van der Waals surface area contributed by atoms with Crippen LogP contribution < -0.4 is 0 Å². The summed E-state index contributed by atoms with van der Waals surface area (Å²) in [5, 5.41) is 16.7. The van der Waals surface area contributed by atoms with Crippen molar-refractivity contribution in [3.05, 3.63) is 0 Å².